The molecular formula is C17H18F3N5O4. The van der Waals surface area contributed by atoms with Crippen LogP contribution in [0.4, 0.5) is 18.9 Å². The lowest BCUT2D eigenvalue weighted by Gasteiger charge is -2.15. The summed E-state index contributed by atoms with van der Waals surface area (Å²) in [5.41, 5.74) is 1.53. The van der Waals surface area contributed by atoms with Gasteiger partial charge in [0.15, 0.2) is 11.6 Å². The van der Waals surface area contributed by atoms with E-state index in [0.29, 0.717) is 28.5 Å². The number of benzene rings is 1. The number of halogens is 3. The third kappa shape index (κ3) is 6.89. The molecule has 0 amide bonds. The first-order valence-electron chi connectivity index (χ1n) is 8.08. The zero-order valence-corrected chi connectivity index (χ0v) is 15.6. The lowest BCUT2D eigenvalue weighted by molar-refractivity contribution is -0.192. The molecule has 156 valence electrons. The Morgan fingerprint density at radius 2 is 1.90 bits per heavy atom. The van der Waals surface area contributed by atoms with Crippen molar-refractivity contribution in [1.82, 2.24) is 15.2 Å². The Kier molecular flexibility index (Phi) is 7.85. The number of carbonyl (C=O) groups excluding carboxylic acids is 1. The molecule has 2 rings (SSSR count). The van der Waals surface area contributed by atoms with E-state index in [9.17, 15) is 23.1 Å². The SMILES string of the molecule is CC(=O)c1ccc(C#N)cc1NC(C)c1nc(C(C)O)n[nH]1.O=C(O)C(F)(F)F. The Morgan fingerprint density at radius 3 is 2.31 bits per heavy atom. The number of nitrogens with zero attached hydrogens (tertiary/aromatic N) is 3. The van der Waals surface area contributed by atoms with Crippen molar-refractivity contribution in [3.8, 4) is 6.07 Å². The fraction of sp³-hybridized carbons (Fsp3) is 0.353. The number of carboxylic acids is 1. The van der Waals surface area contributed by atoms with Crippen LogP contribution >= 0.6 is 0 Å². The minimum absolute atomic E-state index is 0.0959. The molecule has 12 heteroatoms. The van der Waals surface area contributed by atoms with E-state index in [0.717, 1.165) is 0 Å². The van der Waals surface area contributed by atoms with Gasteiger partial charge in [-0.25, -0.2) is 9.78 Å². The fourth-order valence-electron chi connectivity index (χ4n) is 2.01. The van der Waals surface area contributed by atoms with E-state index in [-0.39, 0.29) is 11.8 Å². The predicted octanol–water partition coefficient (Wildman–Crippen LogP) is 2.74. The first-order valence-corrected chi connectivity index (χ1v) is 8.08. The van der Waals surface area contributed by atoms with Gasteiger partial charge >= 0.3 is 12.1 Å². The summed E-state index contributed by atoms with van der Waals surface area (Å²) in [6.07, 6.45) is -5.84. The molecule has 1 aromatic carbocycles. The van der Waals surface area contributed by atoms with Crippen LogP contribution in [-0.4, -0.2) is 43.3 Å². The van der Waals surface area contributed by atoms with Gasteiger partial charge in [-0.15, -0.1) is 0 Å². The molecule has 0 aliphatic rings. The Bertz CT molecular complexity index is 919. The summed E-state index contributed by atoms with van der Waals surface area (Å²) in [5, 5.41) is 35.4. The van der Waals surface area contributed by atoms with Crippen LogP contribution in [0.15, 0.2) is 18.2 Å². The minimum Gasteiger partial charge on any atom is -0.475 e. The first kappa shape index (κ1) is 23.6. The topological polar surface area (TPSA) is 152 Å². The second-order valence-corrected chi connectivity index (χ2v) is 5.85. The van der Waals surface area contributed by atoms with E-state index >= 15 is 0 Å². The molecule has 9 nitrogen and oxygen atoms in total. The van der Waals surface area contributed by atoms with E-state index in [2.05, 4.69) is 20.5 Å². The number of carboxylic acid groups (broad SMARTS) is 1. The third-order valence-corrected chi connectivity index (χ3v) is 3.45. The van der Waals surface area contributed by atoms with Gasteiger partial charge < -0.3 is 15.5 Å². The van der Waals surface area contributed by atoms with Gasteiger partial charge in [-0.05, 0) is 39.0 Å². The van der Waals surface area contributed by atoms with Gasteiger partial charge in [0.2, 0.25) is 0 Å². The number of aliphatic hydroxyl groups is 1. The van der Waals surface area contributed by atoms with E-state index in [1.807, 2.05) is 13.0 Å². The lowest BCUT2D eigenvalue weighted by atomic mass is 10.1. The number of rotatable bonds is 5. The summed E-state index contributed by atoms with van der Waals surface area (Å²) < 4.78 is 31.7. The number of ketones is 1. The van der Waals surface area contributed by atoms with Gasteiger partial charge in [0.05, 0.1) is 17.7 Å². The molecule has 0 aliphatic carbocycles. The Labute approximate surface area is 163 Å². The van der Waals surface area contributed by atoms with Crippen molar-refractivity contribution in [2.45, 2.75) is 39.1 Å². The van der Waals surface area contributed by atoms with Crippen molar-refractivity contribution in [3.05, 3.63) is 41.0 Å². The third-order valence-electron chi connectivity index (χ3n) is 3.45. The van der Waals surface area contributed by atoms with E-state index in [4.69, 9.17) is 15.2 Å². The Balaban J connectivity index is 0.000000516. The molecule has 1 aromatic heterocycles. The average molecular weight is 413 g/mol. The maximum Gasteiger partial charge on any atom is 0.490 e. The van der Waals surface area contributed by atoms with Crippen molar-refractivity contribution in [3.63, 3.8) is 0 Å². The normalized spacial score (nSPS) is 12.8. The van der Waals surface area contributed by atoms with Crippen molar-refractivity contribution in [1.29, 1.82) is 5.26 Å². The van der Waals surface area contributed by atoms with E-state index in [1.54, 1.807) is 25.1 Å². The van der Waals surface area contributed by atoms with Crippen LogP contribution in [0.1, 0.15) is 60.5 Å². The summed E-state index contributed by atoms with van der Waals surface area (Å²) in [5.74, 6) is -2.01. The second kappa shape index (κ2) is 9.65. The first-order chi connectivity index (χ1) is 13.4. The second-order valence-electron chi connectivity index (χ2n) is 5.85. The number of hydrogen-bond donors (Lipinski definition) is 4. The molecule has 4 N–H and O–H groups in total. The Hall–Kier alpha value is -3.46. The van der Waals surface area contributed by atoms with Crippen LogP contribution in [0.3, 0.4) is 0 Å². The predicted molar refractivity (Wildman–Crippen MR) is 93.9 cm³/mol. The number of alkyl halides is 3. The minimum atomic E-state index is -5.08. The number of Topliss-reactive ketones (excluding diaryl/α,β-unsaturated/α-hetero) is 1. The number of H-pyrrole nitrogens is 1. The molecule has 0 radical (unpaired) electrons. The number of nitriles is 1. The van der Waals surface area contributed by atoms with Gasteiger partial charge in [0, 0.05) is 11.3 Å². The maximum atomic E-state index is 11.7. The number of hydrogen-bond acceptors (Lipinski definition) is 7. The van der Waals surface area contributed by atoms with Crippen LogP contribution in [0.2, 0.25) is 0 Å². The van der Waals surface area contributed by atoms with Crippen LogP contribution in [0.25, 0.3) is 0 Å². The zero-order chi connectivity index (χ0) is 22.4. The quantitative estimate of drug-likeness (QED) is 0.546. The molecule has 0 spiro atoms. The Morgan fingerprint density at radius 1 is 1.31 bits per heavy atom. The summed E-state index contributed by atoms with van der Waals surface area (Å²) in [6, 6.07) is 6.62. The van der Waals surface area contributed by atoms with Gasteiger partial charge in [-0.2, -0.15) is 23.5 Å². The van der Waals surface area contributed by atoms with Crippen LogP contribution in [0.5, 0.6) is 0 Å². The molecule has 2 atom stereocenters. The highest BCUT2D eigenvalue weighted by molar-refractivity contribution is 5.99. The van der Waals surface area contributed by atoms with Crippen LogP contribution in [0, 0.1) is 11.3 Å². The molecular weight excluding hydrogens is 395 g/mol. The molecule has 0 saturated heterocycles. The largest absolute Gasteiger partial charge is 0.490 e. The number of aromatic amines is 1. The van der Waals surface area contributed by atoms with Crippen molar-refractivity contribution >= 4 is 17.4 Å². The molecule has 2 unspecified atom stereocenters. The molecule has 2 aromatic rings. The van der Waals surface area contributed by atoms with Gasteiger partial charge in [-0.3, -0.25) is 9.89 Å². The van der Waals surface area contributed by atoms with Gasteiger partial charge in [0.1, 0.15) is 11.9 Å². The summed E-state index contributed by atoms with van der Waals surface area (Å²) in [4.78, 5) is 24.8. The smallest absolute Gasteiger partial charge is 0.475 e. The number of aliphatic hydroxyl groups excluding tert-OH is 1. The molecule has 0 aliphatic heterocycles. The number of anilines is 1. The zero-order valence-electron chi connectivity index (χ0n) is 15.6. The summed E-state index contributed by atoms with van der Waals surface area (Å²) in [7, 11) is 0. The highest BCUT2D eigenvalue weighted by Gasteiger charge is 2.38. The number of aliphatic carboxylic acids is 1. The maximum absolute atomic E-state index is 11.7. The summed E-state index contributed by atoms with van der Waals surface area (Å²) >= 11 is 0. The highest BCUT2D eigenvalue weighted by atomic mass is 19.4. The standard InChI is InChI=1S/C15H17N5O2.C2HF3O2/c1-8(14-18-15(10(3)22)20-19-14)17-13-6-11(7-16)4-5-12(13)9(2)21;3-2(4,5)1(6)7/h4-6,8,10,17,22H,1-3H3,(H,18,19,20);(H,6,7). The molecule has 0 fully saturated rings. The van der Waals surface area contributed by atoms with Gasteiger partial charge in [-0.1, -0.05) is 0 Å². The molecule has 0 saturated carbocycles. The van der Waals surface area contributed by atoms with Gasteiger partial charge in [0.25, 0.3) is 0 Å². The van der Waals surface area contributed by atoms with Crippen LogP contribution < -0.4 is 5.32 Å². The lowest BCUT2D eigenvalue weighted by Crippen LogP contribution is -2.21. The van der Waals surface area contributed by atoms with Crippen molar-refractivity contribution in [2.24, 2.45) is 0 Å². The fourth-order valence-corrected chi connectivity index (χ4v) is 2.01. The van der Waals surface area contributed by atoms with Crippen molar-refractivity contribution < 1.29 is 33.0 Å². The monoisotopic (exact) mass is 413 g/mol. The number of aromatic nitrogens is 3. The summed E-state index contributed by atoms with van der Waals surface area (Å²) in [6.45, 7) is 4.89. The molecule has 29 heavy (non-hydrogen) atoms. The molecule has 1 heterocycles. The van der Waals surface area contributed by atoms with E-state index < -0.39 is 18.2 Å². The number of nitrogens with one attached hydrogen (secondary N) is 2. The van der Waals surface area contributed by atoms with Crippen LogP contribution in [-0.2, 0) is 4.79 Å². The average Bonchev–Trinajstić information content (AvgIpc) is 3.11. The van der Waals surface area contributed by atoms with E-state index in [1.165, 1.54) is 6.92 Å². The van der Waals surface area contributed by atoms with Crippen molar-refractivity contribution in [2.75, 3.05) is 5.32 Å². The highest BCUT2D eigenvalue weighted by Crippen LogP contribution is 2.23. The molecule has 0 bridgehead atoms. The number of carbonyl (C=O) groups is 2.